The normalized spacial score (nSPS) is 10.6. The van der Waals surface area contributed by atoms with Crippen LogP contribution >= 0.6 is 11.6 Å². The molecule has 1 heterocycles. The van der Waals surface area contributed by atoms with Crippen LogP contribution in [0.4, 0.5) is 0 Å². The molecular weight excluding hydrogens is 302 g/mol. The molecule has 0 fully saturated rings. The number of aromatic hydroxyl groups is 1. The van der Waals surface area contributed by atoms with Crippen molar-refractivity contribution in [1.29, 1.82) is 0 Å². The molecule has 0 saturated heterocycles. The third-order valence-corrected chi connectivity index (χ3v) is 3.61. The van der Waals surface area contributed by atoms with Crippen molar-refractivity contribution >= 4 is 28.8 Å². The number of rotatable bonds is 3. The molecule has 0 bridgehead atoms. The highest BCUT2D eigenvalue weighted by molar-refractivity contribution is 6.31. The Labute approximate surface area is 131 Å². The summed E-state index contributed by atoms with van der Waals surface area (Å²) in [5.74, 6) is 0.350. The van der Waals surface area contributed by atoms with Gasteiger partial charge in [-0.1, -0.05) is 23.7 Å². The van der Waals surface area contributed by atoms with Crippen molar-refractivity contribution in [2.75, 3.05) is 7.11 Å². The van der Waals surface area contributed by atoms with E-state index in [-0.39, 0.29) is 5.75 Å². The van der Waals surface area contributed by atoms with E-state index < -0.39 is 0 Å². The number of hydrogen-bond donors (Lipinski definition) is 1. The topological polar surface area (TPSA) is 59.4 Å². The van der Waals surface area contributed by atoms with Gasteiger partial charge in [0.1, 0.15) is 11.5 Å². The van der Waals surface area contributed by atoms with Crippen LogP contribution in [0.1, 0.15) is 10.4 Å². The minimum atomic E-state index is -0.0356. The Morgan fingerprint density at radius 1 is 1.18 bits per heavy atom. The number of aromatic nitrogens is 1. The van der Waals surface area contributed by atoms with Crippen molar-refractivity contribution in [3.05, 3.63) is 53.1 Å². The first-order chi connectivity index (χ1) is 10.6. The predicted molar refractivity (Wildman–Crippen MR) is 85.8 cm³/mol. The van der Waals surface area contributed by atoms with Crippen LogP contribution in [0.25, 0.3) is 22.2 Å². The molecule has 3 rings (SSSR count). The standard InChI is InChI=1S/C17H12ClNO3/c1-22-16-8-13(21)6-11(9-20)17(16)14-5-3-10-2-4-12(18)7-15(10)19-14/h2-9,21H,1H3. The zero-order valence-electron chi connectivity index (χ0n) is 11.7. The number of methoxy groups -OCH3 is 1. The minimum Gasteiger partial charge on any atom is -0.508 e. The summed E-state index contributed by atoms with van der Waals surface area (Å²) >= 11 is 6.00. The summed E-state index contributed by atoms with van der Waals surface area (Å²) in [5.41, 5.74) is 2.15. The Hall–Kier alpha value is -2.59. The molecule has 0 unspecified atom stereocenters. The van der Waals surface area contributed by atoms with Gasteiger partial charge in [-0.25, -0.2) is 4.98 Å². The Balaban J connectivity index is 2.28. The Morgan fingerprint density at radius 3 is 2.68 bits per heavy atom. The van der Waals surface area contributed by atoms with Crippen LogP contribution in [-0.4, -0.2) is 23.5 Å². The molecule has 22 heavy (non-hydrogen) atoms. The molecule has 0 amide bonds. The molecule has 0 atom stereocenters. The number of fused-ring (bicyclic) bond motifs is 1. The summed E-state index contributed by atoms with van der Waals surface area (Å²) in [4.78, 5) is 15.9. The van der Waals surface area contributed by atoms with E-state index in [1.807, 2.05) is 12.1 Å². The van der Waals surface area contributed by atoms with Crippen molar-refractivity contribution in [2.45, 2.75) is 0 Å². The minimum absolute atomic E-state index is 0.0356. The molecule has 0 spiro atoms. The summed E-state index contributed by atoms with van der Waals surface area (Å²) in [6.45, 7) is 0. The van der Waals surface area contributed by atoms with Crippen molar-refractivity contribution in [2.24, 2.45) is 0 Å². The molecule has 2 aromatic carbocycles. The van der Waals surface area contributed by atoms with Crippen LogP contribution in [-0.2, 0) is 0 Å². The number of nitrogens with zero attached hydrogens (tertiary/aromatic N) is 1. The van der Waals surface area contributed by atoms with E-state index in [4.69, 9.17) is 16.3 Å². The van der Waals surface area contributed by atoms with Gasteiger partial charge in [-0.3, -0.25) is 4.79 Å². The van der Waals surface area contributed by atoms with Crippen LogP contribution in [0.2, 0.25) is 5.02 Å². The van der Waals surface area contributed by atoms with Gasteiger partial charge in [-0.05, 0) is 24.3 Å². The van der Waals surface area contributed by atoms with Gasteiger partial charge in [0.05, 0.1) is 23.9 Å². The van der Waals surface area contributed by atoms with E-state index in [0.717, 1.165) is 10.9 Å². The lowest BCUT2D eigenvalue weighted by Crippen LogP contribution is -1.96. The number of ether oxygens (including phenoxy) is 1. The maximum atomic E-state index is 11.3. The molecule has 110 valence electrons. The summed E-state index contributed by atoms with van der Waals surface area (Å²) in [6, 6.07) is 12.0. The van der Waals surface area contributed by atoms with Gasteiger partial charge in [-0.2, -0.15) is 0 Å². The molecular formula is C17H12ClNO3. The first kappa shape index (κ1) is 14.4. The van der Waals surface area contributed by atoms with Gasteiger partial charge in [0, 0.05) is 22.0 Å². The molecule has 0 radical (unpaired) electrons. The number of hydrogen-bond acceptors (Lipinski definition) is 4. The quantitative estimate of drug-likeness (QED) is 0.740. The number of carbonyl (C=O) groups excluding carboxylic acids is 1. The fourth-order valence-electron chi connectivity index (χ4n) is 2.38. The first-order valence-corrected chi connectivity index (χ1v) is 6.93. The lowest BCUT2D eigenvalue weighted by molar-refractivity contribution is 0.112. The third-order valence-electron chi connectivity index (χ3n) is 3.37. The van der Waals surface area contributed by atoms with Crippen LogP contribution < -0.4 is 4.74 Å². The number of aldehydes is 1. The number of phenols is 1. The van der Waals surface area contributed by atoms with Crippen LogP contribution in [0, 0.1) is 0 Å². The molecule has 0 aliphatic heterocycles. The van der Waals surface area contributed by atoms with E-state index in [9.17, 15) is 9.90 Å². The summed E-state index contributed by atoms with van der Waals surface area (Å²) in [5, 5.41) is 11.2. The summed E-state index contributed by atoms with van der Waals surface area (Å²) in [7, 11) is 1.48. The number of pyridine rings is 1. The van der Waals surface area contributed by atoms with Crippen LogP contribution in [0.15, 0.2) is 42.5 Å². The Kier molecular flexibility index (Phi) is 3.69. The SMILES string of the molecule is COc1cc(O)cc(C=O)c1-c1ccc2ccc(Cl)cc2n1. The number of halogens is 1. The molecule has 5 heteroatoms. The molecule has 0 aliphatic carbocycles. The van der Waals surface area contributed by atoms with Crippen LogP contribution in [0.5, 0.6) is 11.5 Å². The average Bonchev–Trinajstić information content (AvgIpc) is 2.53. The van der Waals surface area contributed by atoms with Gasteiger partial charge < -0.3 is 9.84 Å². The highest BCUT2D eigenvalue weighted by atomic mass is 35.5. The zero-order valence-corrected chi connectivity index (χ0v) is 12.5. The van der Waals surface area contributed by atoms with Gasteiger partial charge in [0.25, 0.3) is 0 Å². The van der Waals surface area contributed by atoms with E-state index >= 15 is 0 Å². The maximum absolute atomic E-state index is 11.3. The van der Waals surface area contributed by atoms with Crippen molar-refractivity contribution in [3.8, 4) is 22.8 Å². The van der Waals surface area contributed by atoms with Gasteiger partial charge in [-0.15, -0.1) is 0 Å². The van der Waals surface area contributed by atoms with E-state index in [2.05, 4.69) is 4.98 Å². The van der Waals surface area contributed by atoms with Crippen molar-refractivity contribution < 1.29 is 14.6 Å². The number of phenolic OH excluding ortho intramolecular Hbond substituents is 1. The van der Waals surface area contributed by atoms with Gasteiger partial charge in [0.2, 0.25) is 0 Å². The number of benzene rings is 2. The fraction of sp³-hybridized carbons (Fsp3) is 0.0588. The first-order valence-electron chi connectivity index (χ1n) is 6.55. The molecule has 0 aliphatic rings. The lowest BCUT2D eigenvalue weighted by atomic mass is 10.0. The molecule has 0 saturated carbocycles. The van der Waals surface area contributed by atoms with Crippen LogP contribution in [0.3, 0.4) is 0 Å². The predicted octanol–water partition coefficient (Wildman–Crippen LogP) is 4.08. The monoisotopic (exact) mass is 313 g/mol. The van der Waals surface area contributed by atoms with E-state index in [0.29, 0.717) is 33.9 Å². The second-order valence-corrected chi connectivity index (χ2v) is 5.20. The lowest BCUT2D eigenvalue weighted by Gasteiger charge is -2.12. The maximum Gasteiger partial charge on any atom is 0.151 e. The van der Waals surface area contributed by atoms with Gasteiger partial charge in [0.15, 0.2) is 6.29 Å². The smallest absolute Gasteiger partial charge is 0.151 e. The molecule has 1 aromatic heterocycles. The second-order valence-electron chi connectivity index (χ2n) is 4.76. The van der Waals surface area contributed by atoms with Crippen molar-refractivity contribution in [1.82, 2.24) is 4.98 Å². The average molecular weight is 314 g/mol. The van der Waals surface area contributed by atoms with Gasteiger partial charge >= 0.3 is 0 Å². The molecule has 4 nitrogen and oxygen atoms in total. The summed E-state index contributed by atoms with van der Waals surface area (Å²) < 4.78 is 5.27. The van der Waals surface area contributed by atoms with E-state index in [1.165, 1.54) is 19.2 Å². The fourth-order valence-corrected chi connectivity index (χ4v) is 2.55. The Bertz CT molecular complexity index is 877. The molecule has 3 aromatic rings. The zero-order chi connectivity index (χ0) is 15.7. The largest absolute Gasteiger partial charge is 0.508 e. The highest BCUT2D eigenvalue weighted by Gasteiger charge is 2.15. The number of carbonyl (C=O) groups is 1. The summed E-state index contributed by atoms with van der Waals surface area (Å²) in [6.07, 6.45) is 0.668. The van der Waals surface area contributed by atoms with E-state index in [1.54, 1.807) is 18.2 Å². The second kappa shape index (κ2) is 5.66. The third kappa shape index (κ3) is 2.49. The van der Waals surface area contributed by atoms with Crippen molar-refractivity contribution in [3.63, 3.8) is 0 Å². The highest BCUT2D eigenvalue weighted by Crippen LogP contribution is 2.36. The molecule has 1 N–H and O–H groups in total. The Morgan fingerprint density at radius 2 is 1.95 bits per heavy atom.